The molecule has 0 saturated heterocycles. The summed E-state index contributed by atoms with van der Waals surface area (Å²) in [7, 11) is -4.61. The van der Waals surface area contributed by atoms with Gasteiger partial charge in [-0.2, -0.15) is 0 Å². The number of phosphoric acid groups is 1. The zero-order valence-corrected chi connectivity index (χ0v) is 21.3. The molecular weight excluding hydrogens is 397 g/mol. The zero-order chi connectivity index (χ0) is 22.6. The molecule has 0 rings (SSSR count). The zero-order valence-electron chi connectivity index (χ0n) is 20.4. The van der Waals surface area contributed by atoms with Gasteiger partial charge in [-0.05, 0) is 26.2 Å². The van der Waals surface area contributed by atoms with Crippen molar-refractivity contribution in [3.8, 4) is 0 Å². The molecule has 0 aliphatic rings. The van der Waals surface area contributed by atoms with Gasteiger partial charge in [0.2, 0.25) is 0 Å². The molecule has 0 bridgehead atoms. The maximum atomic E-state index is 10.9. The summed E-state index contributed by atoms with van der Waals surface area (Å²) in [6.45, 7) is 10.5. The van der Waals surface area contributed by atoms with Gasteiger partial charge in [-0.25, -0.2) is 0 Å². The lowest BCUT2D eigenvalue weighted by Gasteiger charge is -2.38. The molecule has 0 amide bonds. The standard InChI is InChI=1S/C24H52NO4P/c1-4-7-9-10-11-12-13-14-15-16-17-18-19-20-22-25(6-3,21-8-5-2)23-24-29-30(26,27)28/h4-24H2,1-3H3,(H-,26,27,28). The predicted molar refractivity (Wildman–Crippen MR) is 126 cm³/mol. The van der Waals surface area contributed by atoms with Crippen LogP contribution in [-0.2, 0) is 9.09 Å². The molecule has 0 fully saturated rings. The quantitative estimate of drug-likeness (QED) is 0.109. The summed E-state index contributed by atoms with van der Waals surface area (Å²) in [5.41, 5.74) is 0. The van der Waals surface area contributed by atoms with Gasteiger partial charge in [0.05, 0.1) is 19.6 Å². The summed E-state index contributed by atoms with van der Waals surface area (Å²) >= 11 is 0. The van der Waals surface area contributed by atoms with Crippen molar-refractivity contribution in [3.63, 3.8) is 0 Å². The molecule has 182 valence electrons. The third-order valence-electron chi connectivity index (χ3n) is 6.46. The Labute approximate surface area is 187 Å². The van der Waals surface area contributed by atoms with Crippen LogP contribution in [0.3, 0.4) is 0 Å². The molecule has 0 aliphatic heterocycles. The third-order valence-corrected chi connectivity index (χ3v) is 6.97. The minimum Gasteiger partial charge on any atom is -0.756 e. The first-order valence-electron chi connectivity index (χ1n) is 12.9. The van der Waals surface area contributed by atoms with Crippen LogP contribution in [0.4, 0.5) is 0 Å². The number of hydrogen-bond acceptors (Lipinski definition) is 3. The molecule has 0 radical (unpaired) electrons. The average Bonchev–Trinajstić information content (AvgIpc) is 2.71. The van der Waals surface area contributed by atoms with Crippen molar-refractivity contribution < 1.29 is 23.4 Å². The molecule has 6 heteroatoms. The van der Waals surface area contributed by atoms with Crippen LogP contribution in [0.25, 0.3) is 0 Å². The summed E-state index contributed by atoms with van der Waals surface area (Å²) in [4.78, 5) is 19.7. The van der Waals surface area contributed by atoms with Crippen LogP contribution in [0.15, 0.2) is 0 Å². The molecule has 1 N–H and O–H groups in total. The lowest BCUT2D eigenvalue weighted by molar-refractivity contribution is -0.927. The fraction of sp³-hybridized carbons (Fsp3) is 1.00. The Hall–Kier alpha value is 0.0700. The molecule has 5 nitrogen and oxygen atoms in total. The van der Waals surface area contributed by atoms with Crippen molar-refractivity contribution in [1.29, 1.82) is 0 Å². The van der Waals surface area contributed by atoms with Crippen molar-refractivity contribution in [2.24, 2.45) is 0 Å². The van der Waals surface area contributed by atoms with E-state index in [1.807, 2.05) is 0 Å². The van der Waals surface area contributed by atoms with E-state index in [1.165, 1.54) is 89.9 Å². The van der Waals surface area contributed by atoms with Gasteiger partial charge in [0, 0.05) is 0 Å². The molecule has 0 aromatic heterocycles. The van der Waals surface area contributed by atoms with Crippen LogP contribution < -0.4 is 4.89 Å². The Morgan fingerprint density at radius 3 is 1.47 bits per heavy atom. The number of likely N-dealkylation sites (N-methyl/N-ethyl adjacent to an activating group) is 1. The average molecular weight is 450 g/mol. The number of quaternary nitrogens is 1. The minimum atomic E-state index is -4.61. The van der Waals surface area contributed by atoms with E-state index >= 15 is 0 Å². The number of unbranched alkanes of at least 4 members (excludes halogenated alkanes) is 14. The van der Waals surface area contributed by atoms with Gasteiger partial charge in [-0.3, -0.25) is 4.57 Å². The Morgan fingerprint density at radius 2 is 1.07 bits per heavy atom. The fourth-order valence-electron chi connectivity index (χ4n) is 4.29. The second-order valence-corrected chi connectivity index (χ2v) is 10.3. The van der Waals surface area contributed by atoms with Crippen LogP contribution >= 0.6 is 7.82 Å². The van der Waals surface area contributed by atoms with Crippen molar-refractivity contribution in [2.75, 3.05) is 32.8 Å². The summed E-state index contributed by atoms with van der Waals surface area (Å²) in [5.74, 6) is 0. The van der Waals surface area contributed by atoms with E-state index in [-0.39, 0.29) is 6.61 Å². The highest BCUT2D eigenvalue weighted by molar-refractivity contribution is 7.44. The molecule has 0 heterocycles. The van der Waals surface area contributed by atoms with Crippen LogP contribution in [0.5, 0.6) is 0 Å². The summed E-state index contributed by atoms with van der Waals surface area (Å²) < 4.78 is 16.4. The Balaban J connectivity index is 3.83. The maximum absolute atomic E-state index is 10.9. The predicted octanol–water partition coefficient (Wildman–Crippen LogP) is 6.58. The first-order chi connectivity index (χ1) is 14.4. The van der Waals surface area contributed by atoms with Gasteiger partial charge in [0.15, 0.2) is 0 Å². The lowest BCUT2D eigenvalue weighted by atomic mass is 10.0. The van der Waals surface area contributed by atoms with Crippen LogP contribution in [-0.4, -0.2) is 42.2 Å². The van der Waals surface area contributed by atoms with Crippen molar-refractivity contribution in [3.05, 3.63) is 0 Å². The van der Waals surface area contributed by atoms with Gasteiger partial charge < -0.3 is 18.8 Å². The fourth-order valence-corrected chi connectivity index (χ4v) is 4.61. The number of hydrogen-bond donors (Lipinski definition) is 1. The van der Waals surface area contributed by atoms with Crippen molar-refractivity contribution in [2.45, 2.75) is 124 Å². The first-order valence-corrected chi connectivity index (χ1v) is 14.4. The van der Waals surface area contributed by atoms with Gasteiger partial charge in [-0.1, -0.05) is 97.3 Å². The molecule has 0 aromatic carbocycles. The number of phosphoric ester groups is 1. The van der Waals surface area contributed by atoms with E-state index in [0.717, 1.165) is 37.0 Å². The second kappa shape index (κ2) is 19.7. The topological polar surface area (TPSA) is 69.6 Å². The van der Waals surface area contributed by atoms with Gasteiger partial charge >= 0.3 is 0 Å². The monoisotopic (exact) mass is 449 g/mol. The number of rotatable bonds is 23. The molecule has 2 unspecified atom stereocenters. The summed E-state index contributed by atoms with van der Waals surface area (Å²) in [6.07, 6.45) is 21.3. The van der Waals surface area contributed by atoms with E-state index in [0.29, 0.717) is 6.54 Å². The van der Waals surface area contributed by atoms with Crippen LogP contribution in [0, 0.1) is 0 Å². The smallest absolute Gasteiger partial charge is 0.265 e. The van der Waals surface area contributed by atoms with Gasteiger partial charge in [0.25, 0.3) is 7.82 Å². The largest absolute Gasteiger partial charge is 0.756 e. The van der Waals surface area contributed by atoms with Gasteiger partial charge in [0.1, 0.15) is 13.2 Å². The van der Waals surface area contributed by atoms with Gasteiger partial charge in [-0.15, -0.1) is 0 Å². The third kappa shape index (κ3) is 18.8. The Kier molecular flexibility index (Phi) is 19.8. The van der Waals surface area contributed by atoms with Crippen molar-refractivity contribution in [1.82, 2.24) is 0 Å². The second-order valence-electron chi connectivity index (χ2n) is 9.08. The lowest BCUT2D eigenvalue weighted by Crippen LogP contribution is -2.51. The van der Waals surface area contributed by atoms with E-state index in [1.54, 1.807) is 0 Å². The highest BCUT2D eigenvalue weighted by atomic mass is 31.2. The molecule has 0 saturated carbocycles. The molecular formula is C24H52NO4P. The van der Waals surface area contributed by atoms with E-state index in [4.69, 9.17) is 4.89 Å². The van der Waals surface area contributed by atoms with E-state index < -0.39 is 7.82 Å². The molecule has 0 aliphatic carbocycles. The highest BCUT2D eigenvalue weighted by Crippen LogP contribution is 2.30. The first kappa shape index (κ1) is 30.1. The normalized spacial score (nSPS) is 15.8. The Morgan fingerprint density at radius 1 is 0.667 bits per heavy atom. The van der Waals surface area contributed by atoms with Crippen LogP contribution in [0.2, 0.25) is 0 Å². The Bertz CT molecular complexity index is 416. The maximum Gasteiger partial charge on any atom is 0.265 e. The number of nitrogens with zero attached hydrogens (tertiary/aromatic N) is 1. The molecule has 0 spiro atoms. The van der Waals surface area contributed by atoms with Crippen LogP contribution in [0.1, 0.15) is 124 Å². The van der Waals surface area contributed by atoms with E-state index in [9.17, 15) is 9.46 Å². The minimum absolute atomic E-state index is 0.0768. The molecule has 2 atom stereocenters. The highest BCUT2D eigenvalue weighted by Gasteiger charge is 2.24. The summed E-state index contributed by atoms with van der Waals surface area (Å²) in [6, 6.07) is 0. The summed E-state index contributed by atoms with van der Waals surface area (Å²) in [5, 5.41) is 0. The van der Waals surface area contributed by atoms with Crippen molar-refractivity contribution >= 4 is 7.82 Å². The van der Waals surface area contributed by atoms with E-state index in [2.05, 4.69) is 25.3 Å². The molecule has 0 aromatic rings. The molecule has 30 heavy (non-hydrogen) atoms. The SMILES string of the molecule is CCCCCCCCCCCCCCCC[N+](CC)(CCCC)CCOP(=O)([O-])O.